The number of nitrogens with one attached hydrogen (secondary N) is 1. The molecule has 5 nitrogen and oxygen atoms in total. The fourth-order valence-electron chi connectivity index (χ4n) is 4.07. The number of carbonyl (C=O) groups excluding carboxylic acids is 1. The van der Waals surface area contributed by atoms with Crippen LogP contribution in [0, 0.1) is 12.8 Å². The van der Waals surface area contributed by atoms with Gasteiger partial charge in [0, 0.05) is 48.6 Å². The van der Waals surface area contributed by atoms with Crippen LogP contribution in [0.3, 0.4) is 0 Å². The molecule has 1 aliphatic rings. The summed E-state index contributed by atoms with van der Waals surface area (Å²) in [5.41, 5.74) is 4.18. The Morgan fingerprint density at radius 2 is 2.16 bits per heavy atom. The first-order valence-electron chi connectivity index (χ1n) is 8.96. The van der Waals surface area contributed by atoms with Crippen molar-refractivity contribution < 1.29 is 4.79 Å². The smallest absolute Gasteiger partial charge is 0.256 e. The lowest BCUT2D eigenvalue weighted by atomic mass is 9.93. The molecule has 1 amide bonds. The number of aromatic amines is 1. The minimum absolute atomic E-state index is 0.170. The molecule has 1 N–H and O–H groups in total. The third kappa shape index (κ3) is 2.84. The van der Waals surface area contributed by atoms with Crippen molar-refractivity contribution in [3.63, 3.8) is 0 Å². The van der Waals surface area contributed by atoms with Gasteiger partial charge in [0.15, 0.2) is 0 Å². The first kappa shape index (κ1) is 15.9. The molecule has 2 aromatic heterocycles. The van der Waals surface area contributed by atoms with Crippen molar-refractivity contribution >= 4 is 16.8 Å². The van der Waals surface area contributed by atoms with E-state index < -0.39 is 0 Å². The summed E-state index contributed by atoms with van der Waals surface area (Å²) in [6, 6.07) is 10.2. The van der Waals surface area contributed by atoms with E-state index >= 15 is 0 Å². The van der Waals surface area contributed by atoms with Crippen LogP contribution in [-0.4, -0.2) is 38.7 Å². The molecule has 25 heavy (non-hydrogen) atoms. The number of nitrogens with zero attached hydrogens (tertiary/aromatic N) is 3. The van der Waals surface area contributed by atoms with Crippen LogP contribution in [0.1, 0.15) is 34.6 Å². The average molecular weight is 336 g/mol. The molecule has 0 saturated carbocycles. The summed E-state index contributed by atoms with van der Waals surface area (Å²) < 4.78 is 2.12. The van der Waals surface area contributed by atoms with Crippen molar-refractivity contribution in [2.24, 2.45) is 13.0 Å². The van der Waals surface area contributed by atoms with Gasteiger partial charge in [-0.1, -0.05) is 18.2 Å². The van der Waals surface area contributed by atoms with Crippen LogP contribution >= 0.6 is 0 Å². The summed E-state index contributed by atoms with van der Waals surface area (Å²) in [5.74, 6) is 0.664. The first-order valence-corrected chi connectivity index (χ1v) is 8.96. The van der Waals surface area contributed by atoms with Gasteiger partial charge in [-0.2, -0.15) is 5.10 Å². The zero-order chi connectivity index (χ0) is 17.4. The number of benzene rings is 1. The Morgan fingerprint density at radius 3 is 2.96 bits per heavy atom. The molecule has 130 valence electrons. The third-order valence-electron chi connectivity index (χ3n) is 5.49. The Bertz CT molecular complexity index is 894. The van der Waals surface area contributed by atoms with E-state index in [9.17, 15) is 4.79 Å². The van der Waals surface area contributed by atoms with Crippen LogP contribution in [-0.2, 0) is 13.5 Å². The molecular weight excluding hydrogens is 312 g/mol. The van der Waals surface area contributed by atoms with Crippen molar-refractivity contribution in [3.05, 3.63) is 53.5 Å². The number of rotatable bonds is 3. The van der Waals surface area contributed by atoms with Crippen LogP contribution in [0.15, 0.2) is 36.5 Å². The van der Waals surface area contributed by atoms with Crippen molar-refractivity contribution in [1.29, 1.82) is 0 Å². The van der Waals surface area contributed by atoms with E-state index in [2.05, 4.69) is 26.9 Å². The topological polar surface area (TPSA) is 53.9 Å². The predicted octanol–water partition coefficient (Wildman–Crippen LogP) is 3.30. The van der Waals surface area contributed by atoms with Gasteiger partial charge in [0.25, 0.3) is 5.91 Å². The minimum atomic E-state index is 0.170. The molecule has 1 aliphatic heterocycles. The maximum Gasteiger partial charge on any atom is 0.256 e. The minimum Gasteiger partial charge on any atom is -0.347 e. The van der Waals surface area contributed by atoms with E-state index in [1.165, 1.54) is 0 Å². The lowest BCUT2D eigenvalue weighted by molar-refractivity contribution is 0.0674. The maximum atomic E-state index is 13.3. The Morgan fingerprint density at radius 1 is 1.32 bits per heavy atom. The van der Waals surface area contributed by atoms with Gasteiger partial charge in [-0.05, 0) is 44.2 Å². The molecule has 0 radical (unpaired) electrons. The van der Waals surface area contributed by atoms with E-state index in [0.717, 1.165) is 60.2 Å². The number of fused-ring (bicyclic) bond motifs is 1. The average Bonchev–Trinajstić information content (AvgIpc) is 3.22. The molecule has 1 saturated heterocycles. The number of aryl methyl sites for hydroxylation is 1. The normalized spacial score (nSPS) is 18.0. The molecule has 5 heteroatoms. The second-order valence-corrected chi connectivity index (χ2v) is 7.08. The summed E-state index contributed by atoms with van der Waals surface area (Å²) in [6.45, 7) is 3.71. The standard InChI is InChI=1S/C20H24N4O/c1-14-19(17-7-3-4-8-18(17)23(14)2)20(25)24-11-5-6-15(13-24)12-16-9-10-21-22-16/h3-4,7-10,15H,5-6,11-13H2,1-2H3,(H,21,22). The second-order valence-electron chi connectivity index (χ2n) is 7.08. The van der Waals surface area contributed by atoms with Gasteiger partial charge >= 0.3 is 0 Å². The van der Waals surface area contributed by atoms with E-state index in [-0.39, 0.29) is 5.91 Å². The molecule has 1 atom stereocenters. The summed E-state index contributed by atoms with van der Waals surface area (Å²) in [7, 11) is 2.03. The van der Waals surface area contributed by atoms with Gasteiger partial charge in [0.05, 0.1) is 5.56 Å². The molecule has 1 unspecified atom stereocenters. The molecule has 0 bridgehead atoms. The quantitative estimate of drug-likeness (QED) is 0.798. The lowest BCUT2D eigenvalue weighted by Crippen LogP contribution is -2.40. The van der Waals surface area contributed by atoms with E-state index in [0.29, 0.717) is 5.92 Å². The summed E-state index contributed by atoms with van der Waals surface area (Å²) in [4.78, 5) is 15.3. The van der Waals surface area contributed by atoms with Crippen molar-refractivity contribution in [2.45, 2.75) is 26.2 Å². The number of likely N-dealkylation sites (tertiary alicyclic amines) is 1. The summed E-state index contributed by atoms with van der Waals surface area (Å²) >= 11 is 0. The van der Waals surface area contributed by atoms with Crippen molar-refractivity contribution in [3.8, 4) is 0 Å². The summed E-state index contributed by atoms with van der Waals surface area (Å²) in [6.07, 6.45) is 4.98. The highest BCUT2D eigenvalue weighted by atomic mass is 16.2. The number of aromatic nitrogens is 3. The molecular formula is C20H24N4O. The van der Waals surface area contributed by atoms with Gasteiger partial charge in [0.2, 0.25) is 0 Å². The van der Waals surface area contributed by atoms with Crippen LogP contribution in [0.2, 0.25) is 0 Å². The zero-order valence-electron chi connectivity index (χ0n) is 14.8. The Balaban J connectivity index is 1.59. The van der Waals surface area contributed by atoms with Crippen LogP contribution < -0.4 is 0 Å². The number of hydrogen-bond donors (Lipinski definition) is 1. The van der Waals surface area contributed by atoms with Crippen LogP contribution in [0.4, 0.5) is 0 Å². The maximum absolute atomic E-state index is 13.3. The highest BCUT2D eigenvalue weighted by Gasteiger charge is 2.28. The Kier molecular flexibility index (Phi) is 4.07. The highest BCUT2D eigenvalue weighted by molar-refractivity contribution is 6.08. The molecule has 3 heterocycles. The molecule has 0 aliphatic carbocycles. The Labute approximate surface area is 147 Å². The van der Waals surface area contributed by atoms with E-state index in [1.54, 1.807) is 6.20 Å². The third-order valence-corrected chi connectivity index (χ3v) is 5.49. The number of hydrogen-bond acceptors (Lipinski definition) is 2. The fourth-order valence-corrected chi connectivity index (χ4v) is 4.07. The Hall–Kier alpha value is -2.56. The predicted molar refractivity (Wildman–Crippen MR) is 98.6 cm³/mol. The highest BCUT2D eigenvalue weighted by Crippen LogP contribution is 2.28. The van der Waals surface area contributed by atoms with Crippen LogP contribution in [0.25, 0.3) is 10.9 Å². The molecule has 0 spiro atoms. The number of carbonyl (C=O) groups is 1. The van der Waals surface area contributed by atoms with Gasteiger partial charge in [-0.15, -0.1) is 0 Å². The molecule has 4 rings (SSSR count). The SMILES string of the molecule is Cc1c(C(=O)N2CCCC(Cc3ccn[nH]3)C2)c2ccccc2n1C. The van der Waals surface area contributed by atoms with Gasteiger partial charge in [-0.25, -0.2) is 0 Å². The number of H-pyrrole nitrogens is 1. The lowest BCUT2D eigenvalue weighted by Gasteiger charge is -2.32. The number of amides is 1. The zero-order valence-corrected chi connectivity index (χ0v) is 14.8. The van der Waals surface area contributed by atoms with E-state index in [4.69, 9.17) is 0 Å². The molecule has 3 aromatic rings. The van der Waals surface area contributed by atoms with Gasteiger partial charge < -0.3 is 9.47 Å². The first-order chi connectivity index (χ1) is 12.1. The summed E-state index contributed by atoms with van der Waals surface area (Å²) in [5, 5.41) is 8.13. The molecule has 1 aromatic carbocycles. The second kappa shape index (κ2) is 6.39. The number of para-hydroxylation sites is 1. The largest absolute Gasteiger partial charge is 0.347 e. The molecule has 1 fully saturated rings. The van der Waals surface area contributed by atoms with Gasteiger partial charge in [-0.3, -0.25) is 9.89 Å². The monoisotopic (exact) mass is 336 g/mol. The fraction of sp³-hybridized carbons (Fsp3) is 0.400. The van der Waals surface area contributed by atoms with Crippen LogP contribution in [0.5, 0.6) is 0 Å². The van der Waals surface area contributed by atoms with E-state index in [1.807, 2.05) is 37.1 Å². The number of piperidine rings is 1. The van der Waals surface area contributed by atoms with Crippen molar-refractivity contribution in [1.82, 2.24) is 19.7 Å². The van der Waals surface area contributed by atoms with Crippen molar-refractivity contribution in [2.75, 3.05) is 13.1 Å². The van der Waals surface area contributed by atoms with Gasteiger partial charge in [0.1, 0.15) is 0 Å².